The molecule has 0 aromatic carbocycles. The Kier molecular flexibility index (Phi) is 5.12. The molecule has 2 aromatic rings. The Morgan fingerprint density at radius 2 is 2.19 bits per heavy atom. The minimum absolute atomic E-state index is 0.226. The van der Waals surface area contributed by atoms with Crippen molar-refractivity contribution in [2.45, 2.75) is 52.9 Å². The fourth-order valence-electron chi connectivity index (χ4n) is 1.97. The zero-order valence-corrected chi connectivity index (χ0v) is 13.7. The minimum atomic E-state index is -0.297. The fraction of sp³-hybridized carbons (Fsp3) is 0.533. The number of aryl methyl sites for hydroxylation is 2. The Labute approximate surface area is 128 Å². The first-order chi connectivity index (χ1) is 10.0. The molecule has 0 bridgehead atoms. The lowest BCUT2D eigenvalue weighted by molar-refractivity contribution is 0.0987. The molecule has 0 unspecified atom stereocenters. The monoisotopic (exact) mass is 307 g/mol. The number of hydrogen-bond donors (Lipinski definition) is 1. The first-order valence-corrected chi connectivity index (χ1v) is 8.13. The molecule has 114 valence electrons. The molecule has 0 aliphatic heterocycles. The highest BCUT2D eigenvalue weighted by Crippen LogP contribution is 2.25. The third-order valence-corrected chi connectivity index (χ3v) is 4.31. The van der Waals surface area contributed by atoms with E-state index >= 15 is 0 Å². The van der Waals surface area contributed by atoms with Crippen molar-refractivity contribution in [3.05, 3.63) is 28.1 Å². The molecule has 1 N–H and O–H groups in total. The van der Waals surface area contributed by atoms with Gasteiger partial charge in [0.1, 0.15) is 0 Å². The summed E-state index contributed by atoms with van der Waals surface area (Å²) in [5, 5.41) is 7.32. The summed E-state index contributed by atoms with van der Waals surface area (Å²) in [5.41, 5.74) is 1.86. The highest BCUT2D eigenvalue weighted by Gasteiger charge is 2.17. The van der Waals surface area contributed by atoms with E-state index in [0.717, 1.165) is 30.7 Å². The van der Waals surface area contributed by atoms with Gasteiger partial charge >= 0.3 is 0 Å². The first-order valence-electron chi connectivity index (χ1n) is 7.31. The molecule has 0 fully saturated rings. The van der Waals surface area contributed by atoms with Gasteiger partial charge in [-0.3, -0.25) is 10.1 Å². The maximum Gasteiger partial charge on any atom is 0.296 e. The van der Waals surface area contributed by atoms with Gasteiger partial charge < -0.3 is 4.52 Å². The van der Waals surface area contributed by atoms with Crippen LogP contribution >= 0.6 is 11.3 Å². The summed E-state index contributed by atoms with van der Waals surface area (Å²) in [4.78, 5) is 17.9. The standard InChI is InChI=1S/C15H21N3O2S/c1-5-7-10-13(6-2)21-15(16-10)17-14(19)12-8-11(9(3)4)18-20-12/h8-9H,5-7H2,1-4H3,(H,16,17,19). The number of thiazole rings is 1. The lowest BCUT2D eigenvalue weighted by Gasteiger charge is -1.96. The maximum absolute atomic E-state index is 12.1. The van der Waals surface area contributed by atoms with Gasteiger partial charge in [0.2, 0.25) is 5.76 Å². The van der Waals surface area contributed by atoms with Gasteiger partial charge in [-0.05, 0) is 18.8 Å². The molecule has 0 saturated carbocycles. The number of aromatic nitrogens is 2. The number of nitrogens with one attached hydrogen (secondary N) is 1. The SMILES string of the molecule is CCCc1nc(NC(=O)c2cc(C(C)C)no2)sc1CC. The van der Waals surface area contributed by atoms with Crippen LogP contribution in [0.1, 0.15) is 66.9 Å². The van der Waals surface area contributed by atoms with Crippen molar-refractivity contribution >= 4 is 22.4 Å². The first kappa shape index (κ1) is 15.7. The second-order valence-electron chi connectivity index (χ2n) is 5.22. The number of carbonyl (C=O) groups excluding carboxylic acids is 1. The van der Waals surface area contributed by atoms with Crippen molar-refractivity contribution < 1.29 is 9.32 Å². The average Bonchev–Trinajstić information content (AvgIpc) is 3.06. The Morgan fingerprint density at radius 3 is 2.76 bits per heavy atom. The van der Waals surface area contributed by atoms with Gasteiger partial charge in [0.05, 0.1) is 11.4 Å². The summed E-state index contributed by atoms with van der Waals surface area (Å²) >= 11 is 1.53. The molecule has 0 aliphatic rings. The molecular weight excluding hydrogens is 286 g/mol. The van der Waals surface area contributed by atoms with E-state index in [9.17, 15) is 4.79 Å². The van der Waals surface area contributed by atoms with E-state index in [1.165, 1.54) is 16.2 Å². The summed E-state index contributed by atoms with van der Waals surface area (Å²) in [6.07, 6.45) is 2.92. The van der Waals surface area contributed by atoms with E-state index < -0.39 is 0 Å². The third-order valence-electron chi connectivity index (χ3n) is 3.15. The normalized spacial score (nSPS) is 11.1. The van der Waals surface area contributed by atoms with Crippen LogP contribution in [0.15, 0.2) is 10.6 Å². The number of nitrogens with zero attached hydrogens (tertiary/aromatic N) is 2. The van der Waals surface area contributed by atoms with Crippen LogP contribution in [0.5, 0.6) is 0 Å². The van der Waals surface area contributed by atoms with Crippen LogP contribution in [0.4, 0.5) is 5.13 Å². The third kappa shape index (κ3) is 3.69. The quantitative estimate of drug-likeness (QED) is 0.875. The van der Waals surface area contributed by atoms with Crippen molar-refractivity contribution in [2.75, 3.05) is 5.32 Å². The second-order valence-corrected chi connectivity index (χ2v) is 6.30. The number of hydrogen-bond acceptors (Lipinski definition) is 5. The van der Waals surface area contributed by atoms with E-state index in [1.54, 1.807) is 6.07 Å². The number of amides is 1. The van der Waals surface area contributed by atoms with Crippen LogP contribution in [0, 0.1) is 0 Å². The van der Waals surface area contributed by atoms with Crippen LogP contribution in [-0.4, -0.2) is 16.0 Å². The maximum atomic E-state index is 12.1. The Bertz CT molecular complexity index is 616. The topological polar surface area (TPSA) is 68.0 Å². The molecule has 2 rings (SSSR count). The summed E-state index contributed by atoms with van der Waals surface area (Å²) < 4.78 is 5.09. The number of carbonyl (C=O) groups is 1. The fourth-order valence-corrected chi connectivity index (χ4v) is 2.91. The van der Waals surface area contributed by atoms with Gasteiger partial charge in [-0.1, -0.05) is 39.3 Å². The zero-order chi connectivity index (χ0) is 15.4. The molecule has 0 atom stereocenters. The van der Waals surface area contributed by atoms with Gasteiger partial charge in [0.25, 0.3) is 5.91 Å². The van der Waals surface area contributed by atoms with Gasteiger partial charge in [0.15, 0.2) is 5.13 Å². The van der Waals surface area contributed by atoms with Crippen molar-refractivity contribution in [3.8, 4) is 0 Å². The van der Waals surface area contributed by atoms with E-state index in [0.29, 0.717) is 5.13 Å². The molecule has 0 spiro atoms. The molecule has 0 aliphatic carbocycles. The van der Waals surface area contributed by atoms with Crippen molar-refractivity contribution in [1.82, 2.24) is 10.1 Å². The van der Waals surface area contributed by atoms with E-state index in [-0.39, 0.29) is 17.6 Å². The lowest BCUT2D eigenvalue weighted by Crippen LogP contribution is -2.10. The van der Waals surface area contributed by atoms with E-state index in [4.69, 9.17) is 4.52 Å². The molecule has 2 aromatic heterocycles. The van der Waals surface area contributed by atoms with Crippen LogP contribution in [0.3, 0.4) is 0 Å². The Balaban J connectivity index is 2.11. The molecule has 2 heterocycles. The zero-order valence-electron chi connectivity index (χ0n) is 12.9. The van der Waals surface area contributed by atoms with E-state index in [1.807, 2.05) is 13.8 Å². The van der Waals surface area contributed by atoms with Crippen LogP contribution in [0.2, 0.25) is 0 Å². The second kappa shape index (κ2) is 6.85. The van der Waals surface area contributed by atoms with E-state index in [2.05, 4.69) is 29.3 Å². The smallest absolute Gasteiger partial charge is 0.296 e. The van der Waals surface area contributed by atoms with Crippen LogP contribution in [0.25, 0.3) is 0 Å². The van der Waals surface area contributed by atoms with Crippen molar-refractivity contribution in [3.63, 3.8) is 0 Å². The summed E-state index contributed by atoms with van der Waals surface area (Å²) in [7, 11) is 0. The largest absolute Gasteiger partial charge is 0.351 e. The average molecular weight is 307 g/mol. The number of anilines is 1. The summed E-state index contributed by atoms with van der Waals surface area (Å²) in [5.74, 6) is 0.163. The summed E-state index contributed by atoms with van der Waals surface area (Å²) in [6, 6.07) is 1.68. The van der Waals surface area contributed by atoms with Gasteiger partial charge in [-0.2, -0.15) is 0 Å². The molecule has 0 saturated heterocycles. The van der Waals surface area contributed by atoms with Crippen molar-refractivity contribution in [2.24, 2.45) is 0 Å². The van der Waals surface area contributed by atoms with Crippen molar-refractivity contribution in [1.29, 1.82) is 0 Å². The summed E-state index contributed by atoms with van der Waals surface area (Å²) in [6.45, 7) is 8.23. The molecule has 21 heavy (non-hydrogen) atoms. The lowest BCUT2D eigenvalue weighted by atomic mass is 10.1. The highest BCUT2D eigenvalue weighted by atomic mass is 32.1. The molecule has 0 radical (unpaired) electrons. The Hall–Kier alpha value is -1.69. The molecular formula is C15H21N3O2S. The highest BCUT2D eigenvalue weighted by molar-refractivity contribution is 7.15. The molecule has 1 amide bonds. The van der Waals surface area contributed by atoms with Crippen LogP contribution < -0.4 is 5.32 Å². The molecule has 5 nitrogen and oxygen atoms in total. The predicted octanol–water partition coefficient (Wildman–Crippen LogP) is 4.02. The van der Waals surface area contributed by atoms with Gasteiger partial charge in [-0.15, -0.1) is 11.3 Å². The minimum Gasteiger partial charge on any atom is -0.351 e. The van der Waals surface area contributed by atoms with Gasteiger partial charge in [-0.25, -0.2) is 4.98 Å². The predicted molar refractivity (Wildman–Crippen MR) is 84.0 cm³/mol. The molecule has 6 heteroatoms. The number of rotatable bonds is 6. The Morgan fingerprint density at radius 1 is 1.43 bits per heavy atom. The van der Waals surface area contributed by atoms with Crippen LogP contribution in [-0.2, 0) is 12.8 Å². The van der Waals surface area contributed by atoms with Gasteiger partial charge in [0, 0.05) is 10.9 Å².